The van der Waals surface area contributed by atoms with Crippen molar-refractivity contribution in [3.63, 3.8) is 0 Å². The number of halogens is 2. The molecule has 0 saturated heterocycles. The van der Waals surface area contributed by atoms with Gasteiger partial charge >= 0.3 is 0 Å². The number of aromatic nitrogens is 2. The predicted octanol–water partition coefficient (Wildman–Crippen LogP) is 3.11. The number of hydrogen-bond acceptors (Lipinski definition) is 4. The zero-order chi connectivity index (χ0) is 13.2. The van der Waals surface area contributed by atoms with Gasteiger partial charge in [-0.25, -0.2) is 4.39 Å². The van der Waals surface area contributed by atoms with E-state index < -0.39 is 0 Å². The average Bonchev–Trinajstić information content (AvgIpc) is 3.10. The van der Waals surface area contributed by atoms with Gasteiger partial charge in [-0.2, -0.15) is 4.98 Å². The van der Waals surface area contributed by atoms with E-state index in [-0.39, 0.29) is 18.2 Å². The smallest absolute Gasteiger partial charge is 0.240 e. The van der Waals surface area contributed by atoms with Crippen LogP contribution in [0.3, 0.4) is 0 Å². The van der Waals surface area contributed by atoms with E-state index in [1.807, 2.05) is 0 Å². The van der Waals surface area contributed by atoms with Gasteiger partial charge in [-0.1, -0.05) is 17.3 Å². The van der Waals surface area contributed by atoms with E-state index in [1.54, 1.807) is 19.1 Å². The van der Waals surface area contributed by atoms with Crippen LogP contribution in [0.2, 0.25) is 0 Å². The van der Waals surface area contributed by atoms with E-state index in [9.17, 15) is 4.39 Å². The Labute approximate surface area is 123 Å². The van der Waals surface area contributed by atoms with E-state index in [0.29, 0.717) is 29.4 Å². The summed E-state index contributed by atoms with van der Waals surface area (Å²) in [6.07, 6.45) is 2.62. The van der Waals surface area contributed by atoms with Crippen molar-refractivity contribution < 1.29 is 8.91 Å². The summed E-state index contributed by atoms with van der Waals surface area (Å²) >= 11 is 0. The Morgan fingerprint density at radius 3 is 2.90 bits per heavy atom. The molecular formula is C14H17ClFN3O. The first kappa shape index (κ1) is 14.9. The standard InChI is InChI=1S/C14H16FN3O.ClH/c1-9-2-5-11(6-12(9)15)14-17-13(19-18-14)8-16-7-10-3-4-10;/h2,5-6,10,16H,3-4,7-8H2,1H3;1H. The number of benzene rings is 1. The molecule has 1 fully saturated rings. The lowest BCUT2D eigenvalue weighted by Crippen LogP contribution is -2.16. The first-order chi connectivity index (χ1) is 9.22. The van der Waals surface area contributed by atoms with Crippen LogP contribution in [0.4, 0.5) is 4.39 Å². The fourth-order valence-corrected chi connectivity index (χ4v) is 1.88. The van der Waals surface area contributed by atoms with E-state index in [2.05, 4.69) is 15.5 Å². The minimum Gasteiger partial charge on any atom is -0.338 e. The Balaban J connectivity index is 0.00000147. The Morgan fingerprint density at radius 1 is 1.40 bits per heavy atom. The highest BCUT2D eigenvalue weighted by Gasteiger charge is 2.20. The van der Waals surface area contributed by atoms with Crippen LogP contribution in [0.1, 0.15) is 24.3 Å². The molecule has 6 heteroatoms. The molecule has 0 atom stereocenters. The van der Waals surface area contributed by atoms with Gasteiger partial charge in [0, 0.05) is 5.56 Å². The molecule has 2 aromatic rings. The maximum Gasteiger partial charge on any atom is 0.240 e. The summed E-state index contributed by atoms with van der Waals surface area (Å²) in [5.74, 6) is 1.53. The highest BCUT2D eigenvalue weighted by molar-refractivity contribution is 5.85. The second kappa shape index (κ2) is 6.33. The molecule has 1 aromatic carbocycles. The third-order valence-electron chi connectivity index (χ3n) is 3.30. The normalized spacial score (nSPS) is 14.1. The van der Waals surface area contributed by atoms with Crippen molar-refractivity contribution in [2.75, 3.05) is 6.54 Å². The molecule has 1 saturated carbocycles. The zero-order valence-electron chi connectivity index (χ0n) is 11.2. The summed E-state index contributed by atoms with van der Waals surface area (Å²) in [6.45, 7) is 3.29. The summed E-state index contributed by atoms with van der Waals surface area (Å²) in [7, 11) is 0. The first-order valence-corrected chi connectivity index (χ1v) is 6.52. The van der Waals surface area contributed by atoms with E-state index in [0.717, 1.165) is 12.5 Å². The topological polar surface area (TPSA) is 51.0 Å². The van der Waals surface area contributed by atoms with Gasteiger partial charge in [-0.3, -0.25) is 0 Å². The predicted molar refractivity (Wildman–Crippen MR) is 76.1 cm³/mol. The molecule has 1 aromatic heterocycles. The van der Waals surface area contributed by atoms with Crippen molar-refractivity contribution >= 4 is 12.4 Å². The molecule has 0 amide bonds. The Morgan fingerprint density at radius 2 is 2.20 bits per heavy atom. The van der Waals surface area contributed by atoms with E-state index >= 15 is 0 Å². The molecule has 0 radical (unpaired) electrons. The number of rotatable bonds is 5. The summed E-state index contributed by atoms with van der Waals surface area (Å²) in [5, 5.41) is 7.16. The lowest BCUT2D eigenvalue weighted by molar-refractivity contribution is 0.367. The van der Waals surface area contributed by atoms with Gasteiger partial charge in [-0.15, -0.1) is 12.4 Å². The average molecular weight is 298 g/mol. The monoisotopic (exact) mass is 297 g/mol. The number of hydrogen-bond donors (Lipinski definition) is 1. The van der Waals surface area contributed by atoms with Gasteiger partial charge in [0.25, 0.3) is 0 Å². The SMILES string of the molecule is Cc1ccc(-c2noc(CNCC3CC3)n2)cc1F.Cl. The van der Waals surface area contributed by atoms with Crippen LogP contribution in [0.15, 0.2) is 22.7 Å². The molecule has 1 N–H and O–H groups in total. The van der Waals surface area contributed by atoms with Crippen LogP contribution < -0.4 is 5.32 Å². The van der Waals surface area contributed by atoms with Crippen molar-refractivity contribution in [1.29, 1.82) is 0 Å². The minimum absolute atomic E-state index is 0. The fourth-order valence-electron chi connectivity index (χ4n) is 1.88. The van der Waals surface area contributed by atoms with E-state index in [4.69, 9.17) is 4.52 Å². The van der Waals surface area contributed by atoms with Crippen molar-refractivity contribution in [1.82, 2.24) is 15.5 Å². The molecule has 3 rings (SSSR count). The molecule has 4 nitrogen and oxygen atoms in total. The molecule has 20 heavy (non-hydrogen) atoms. The van der Waals surface area contributed by atoms with Gasteiger partial charge in [0.2, 0.25) is 11.7 Å². The molecule has 0 unspecified atom stereocenters. The number of aryl methyl sites for hydroxylation is 1. The van der Waals surface area contributed by atoms with Crippen molar-refractivity contribution in [3.8, 4) is 11.4 Å². The lowest BCUT2D eigenvalue weighted by Gasteiger charge is -1.98. The molecule has 0 aliphatic heterocycles. The largest absolute Gasteiger partial charge is 0.338 e. The second-order valence-electron chi connectivity index (χ2n) is 5.05. The molecule has 108 valence electrons. The third-order valence-corrected chi connectivity index (χ3v) is 3.30. The van der Waals surface area contributed by atoms with Gasteiger partial charge < -0.3 is 9.84 Å². The van der Waals surface area contributed by atoms with Crippen LogP contribution in [0.5, 0.6) is 0 Å². The van der Waals surface area contributed by atoms with Gasteiger partial charge in [-0.05, 0) is 43.9 Å². The highest BCUT2D eigenvalue weighted by atomic mass is 35.5. The summed E-state index contributed by atoms with van der Waals surface area (Å²) in [6, 6.07) is 4.94. The second-order valence-corrected chi connectivity index (χ2v) is 5.05. The van der Waals surface area contributed by atoms with Gasteiger partial charge in [0.1, 0.15) is 5.82 Å². The minimum atomic E-state index is -0.254. The highest BCUT2D eigenvalue weighted by Crippen LogP contribution is 2.27. The Bertz CT molecular complexity index is 584. The molecule has 1 aliphatic carbocycles. The fraction of sp³-hybridized carbons (Fsp3) is 0.429. The molecule has 0 spiro atoms. The van der Waals surface area contributed by atoms with Crippen LogP contribution in [-0.4, -0.2) is 16.7 Å². The number of nitrogens with one attached hydrogen (secondary N) is 1. The Hall–Kier alpha value is -1.46. The van der Waals surface area contributed by atoms with Gasteiger partial charge in [0.15, 0.2) is 0 Å². The van der Waals surface area contributed by atoms with Crippen LogP contribution >= 0.6 is 12.4 Å². The lowest BCUT2D eigenvalue weighted by atomic mass is 10.1. The molecular weight excluding hydrogens is 281 g/mol. The maximum atomic E-state index is 13.5. The van der Waals surface area contributed by atoms with Crippen molar-refractivity contribution in [2.24, 2.45) is 5.92 Å². The van der Waals surface area contributed by atoms with Crippen molar-refractivity contribution in [2.45, 2.75) is 26.3 Å². The van der Waals surface area contributed by atoms with Crippen LogP contribution in [-0.2, 0) is 6.54 Å². The van der Waals surface area contributed by atoms with E-state index in [1.165, 1.54) is 18.9 Å². The third kappa shape index (κ3) is 3.55. The maximum absolute atomic E-state index is 13.5. The Kier molecular flexibility index (Phi) is 4.73. The van der Waals surface area contributed by atoms with Crippen molar-refractivity contribution in [3.05, 3.63) is 35.5 Å². The van der Waals surface area contributed by atoms with Crippen LogP contribution in [0.25, 0.3) is 11.4 Å². The molecule has 1 heterocycles. The van der Waals surface area contributed by atoms with Crippen LogP contribution in [0, 0.1) is 18.7 Å². The molecule has 0 bridgehead atoms. The number of nitrogens with zero attached hydrogens (tertiary/aromatic N) is 2. The van der Waals surface area contributed by atoms with Gasteiger partial charge in [0.05, 0.1) is 6.54 Å². The summed E-state index contributed by atoms with van der Waals surface area (Å²) in [5.41, 5.74) is 1.25. The zero-order valence-corrected chi connectivity index (χ0v) is 12.0. The summed E-state index contributed by atoms with van der Waals surface area (Å²) in [4.78, 5) is 4.26. The molecule has 1 aliphatic rings. The first-order valence-electron chi connectivity index (χ1n) is 6.52. The summed E-state index contributed by atoms with van der Waals surface area (Å²) < 4.78 is 18.6. The quantitative estimate of drug-likeness (QED) is 0.921.